The van der Waals surface area contributed by atoms with Crippen molar-refractivity contribution in [2.75, 3.05) is 0 Å². The third kappa shape index (κ3) is 2.34. The summed E-state index contributed by atoms with van der Waals surface area (Å²) in [6.45, 7) is 1.99. The van der Waals surface area contributed by atoms with E-state index in [9.17, 15) is 4.79 Å². The number of para-hydroxylation sites is 1. The maximum Gasteiger partial charge on any atom is 0.262 e. The predicted molar refractivity (Wildman–Crippen MR) is 92.1 cm³/mol. The van der Waals surface area contributed by atoms with Crippen LogP contribution in [-0.2, 0) is 12.8 Å². The Kier molecular flexibility index (Phi) is 3.42. The SMILES string of the molecule is Cc1nc(CSc2nnc3n(C)c(=O)c4ccccc4n23)cs1. The summed E-state index contributed by atoms with van der Waals surface area (Å²) in [5.41, 5.74) is 1.79. The van der Waals surface area contributed by atoms with Gasteiger partial charge in [-0.15, -0.1) is 21.5 Å². The zero-order chi connectivity index (χ0) is 16.0. The second-order valence-electron chi connectivity index (χ2n) is 5.15. The summed E-state index contributed by atoms with van der Waals surface area (Å²) in [4.78, 5) is 16.9. The Morgan fingerprint density at radius 2 is 2.09 bits per heavy atom. The summed E-state index contributed by atoms with van der Waals surface area (Å²) in [6, 6.07) is 7.53. The van der Waals surface area contributed by atoms with Gasteiger partial charge in [0, 0.05) is 18.2 Å². The molecule has 0 bridgehead atoms. The first-order chi connectivity index (χ1) is 11.1. The number of aryl methyl sites for hydroxylation is 2. The molecule has 0 N–H and O–H groups in total. The normalized spacial score (nSPS) is 11.6. The predicted octanol–water partition coefficient (Wildman–Crippen LogP) is 2.64. The highest BCUT2D eigenvalue weighted by Crippen LogP contribution is 2.24. The van der Waals surface area contributed by atoms with E-state index >= 15 is 0 Å². The van der Waals surface area contributed by atoms with Crippen LogP contribution >= 0.6 is 23.1 Å². The molecule has 0 atom stereocenters. The summed E-state index contributed by atoms with van der Waals surface area (Å²) in [6.07, 6.45) is 0. The minimum absolute atomic E-state index is 0.0628. The Bertz CT molecular complexity index is 1080. The lowest BCUT2D eigenvalue weighted by molar-refractivity contribution is 0.853. The van der Waals surface area contributed by atoms with Crippen molar-refractivity contribution in [2.45, 2.75) is 17.8 Å². The van der Waals surface area contributed by atoms with Gasteiger partial charge in [-0.1, -0.05) is 23.9 Å². The van der Waals surface area contributed by atoms with E-state index < -0.39 is 0 Å². The fourth-order valence-corrected chi connectivity index (χ4v) is 4.07. The molecule has 0 saturated carbocycles. The van der Waals surface area contributed by atoms with E-state index in [1.54, 1.807) is 30.1 Å². The number of hydrogen-bond donors (Lipinski definition) is 0. The van der Waals surface area contributed by atoms with Crippen molar-refractivity contribution in [1.82, 2.24) is 24.1 Å². The molecule has 0 aliphatic heterocycles. The highest BCUT2D eigenvalue weighted by Gasteiger charge is 2.15. The van der Waals surface area contributed by atoms with Crippen LogP contribution in [0.3, 0.4) is 0 Å². The Balaban J connectivity index is 1.86. The minimum atomic E-state index is -0.0628. The van der Waals surface area contributed by atoms with Crippen LogP contribution in [-0.4, -0.2) is 24.1 Å². The summed E-state index contributed by atoms with van der Waals surface area (Å²) in [5, 5.41) is 13.0. The molecule has 0 aliphatic rings. The third-order valence-electron chi connectivity index (χ3n) is 3.61. The van der Waals surface area contributed by atoms with Crippen LogP contribution in [0.4, 0.5) is 0 Å². The molecule has 116 valence electrons. The van der Waals surface area contributed by atoms with Gasteiger partial charge in [-0.05, 0) is 19.1 Å². The number of hydrogen-bond acceptors (Lipinski definition) is 6. The van der Waals surface area contributed by atoms with Crippen molar-refractivity contribution in [3.8, 4) is 0 Å². The summed E-state index contributed by atoms with van der Waals surface area (Å²) in [7, 11) is 1.72. The van der Waals surface area contributed by atoms with Crippen LogP contribution in [0.2, 0.25) is 0 Å². The molecule has 0 radical (unpaired) electrons. The highest BCUT2D eigenvalue weighted by atomic mass is 32.2. The van der Waals surface area contributed by atoms with Crippen LogP contribution in [0.25, 0.3) is 16.7 Å². The maximum atomic E-state index is 12.4. The van der Waals surface area contributed by atoms with E-state index in [0.717, 1.165) is 27.1 Å². The number of thioether (sulfide) groups is 1. The second kappa shape index (κ2) is 5.47. The van der Waals surface area contributed by atoms with Crippen molar-refractivity contribution in [1.29, 1.82) is 0 Å². The van der Waals surface area contributed by atoms with Crippen molar-refractivity contribution in [3.63, 3.8) is 0 Å². The van der Waals surface area contributed by atoms with E-state index in [2.05, 4.69) is 20.6 Å². The van der Waals surface area contributed by atoms with Crippen LogP contribution in [0, 0.1) is 6.92 Å². The first-order valence-corrected chi connectivity index (χ1v) is 8.88. The van der Waals surface area contributed by atoms with Crippen molar-refractivity contribution >= 4 is 39.8 Å². The second-order valence-corrected chi connectivity index (χ2v) is 7.15. The van der Waals surface area contributed by atoms with Gasteiger partial charge >= 0.3 is 0 Å². The van der Waals surface area contributed by atoms with Crippen LogP contribution in [0.15, 0.2) is 39.6 Å². The highest BCUT2D eigenvalue weighted by molar-refractivity contribution is 7.98. The van der Waals surface area contributed by atoms with Crippen LogP contribution < -0.4 is 5.56 Å². The molecule has 0 amide bonds. The summed E-state index contributed by atoms with van der Waals surface area (Å²) in [5.74, 6) is 1.27. The number of rotatable bonds is 3. The van der Waals surface area contributed by atoms with Gasteiger partial charge in [0.25, 0.3) is 5.56 Å². The molecule has 0 fully saturated rings. The van der Waals surface area contributed by atoms with Gasteiger partial charge in [0.1, 0.15) is 0 Å². The zero-order valence-corrected chi connectivity index (χ0v) is 14.2. The van der Waals surface area contributed by atoms with Gasteiger partial charge in [0.15, 0.2) is 5.16 Å². The Morgan fingerprint density at radius 1 is 1.26 bits per heavy atom. The first-order valence-electron chi connectivity index (χ1n) is 7.02. The lowest BCUT2D eigenvalue weighted by Gasteiger charge is -2.07. The van der Waals surface area contributed by atoms with Crippen molar-refractivity contribution < 1.29 is 0 Å². The quantitative estimate of drug-likeness (QED) is 0.535. The fraction of sp³-hybridized carbons (Fsp3) is 0.200. The molecule has 3 aromatic heterocycles. The van der Waals surface area contributed by atoms with Gasteiger partial charge in [0.05, 0.1) is 21.6 Å². The van der Waals surface area contributed by atoms with E-state index in [1.165, 1.54) is 4.57 Å². The number of aromatic nitrogens is 5. The molecule has 1 aromatic carbocycles. The van der Waals surface area contributed by atoms with Gasteiger partial charge in [-0.2, -0.15) is 0 Å². The van der Waals surface area contributed by atoms with E-state index in [4.69, 9.17) is 0 Å². The summed E-state index contributed by atoms with van der Waals surface area (Å²) >= 11 is 3.21. The Hall–Kier alpha value is -2.19. The maximum absolute atomic E-state index is 12.4. The lowest BCUT2D eigenvalue weighted by atomic mass is 10.2. The Labute approximate surface area is 139 Å². The summed E-state index contributed by atoms with van der Waals surface area (Å²) < 4.78 is 3.47. The molecule has 0 spiro atoms. The largest absolute Gasteiger partial charge is 0.279 e. The average molecular weight is 343 g/mol. The van der Waals surface area contributed by atoms with Crippen molar-refractivity contribution in [2.24, 2.45) is 7.05 Å². The van der Waals surface area contributed by atoms with Crippen molar-refractivity contribution in [3.05, 3.63) is 50.7 Å². The molecule has 3 heterocycles. The van der Waals surface area contributed by atoms with E-state index in [-0.39, 0.29) is 5.56 Å². The molecule has 6 nitrogen and oxygen atoms in total. The number of fused-ring (bicyclic) bond motifs is 3. The monoisotopic (exact) mass is 343 g/mol. The average Bonchev–Trinajstić information content (AvgIpc) is 3.17. The van der Waals surface area contributed by atoms with Crippen LogP contribution in [0.1, 0.15) is 10.7 Å². The minimum Gasteiger partial charge on any atom is -0.279 e. The van der Waals surface area contributed by atoms with Crippen LogP contribution in [0.5, 0.6) is 0 Å². The molecular weight excluding hydrogens is 330 g/mol. The van der Waals surface area contributed by atoms with Gasteiger partial charge in [-0.25, -0.2) is 4.98 Å². The van der Waals surface area contributed by atoms with E-state index in [0.29, 0.717) is 11.2 Å². The zero-order valence-electron chi connectivity index (χ0n) is 12.6. The fourth-order valence-electron chi connectivity index (χ4n) is 2.52. The number of thiazole rings is 1. The molecule has 0 saturated heterocycles. The molecule has 0 aliphatic carbocycles. The third-order valence-corrected chi connectivity index (χ3v) is 5.40. The smallest absolute Gasteiger partial charge is 0.262 e. The molecule has 23 heavy (non-hydrogen) atoms. The molecule has 4 rings (SSSR count). The van der Waals surface area contributed by atoms with Gasteiger partial charge < -0.3 is 0 Å². The molecular formula is C15H13N5OS2. The van der Waals surface area contributed by atoms with E-state index in [1.807, 2.05) is 35.6 Å². The molecule has 4 aromatic rings. The number of benzene rings is 1. The number of nitrogens with zero attached hydrogens (tertiary/aromatic N) is 5. The van der Waals surface area contributed by atoms with Gasteiger partial charge in [0.2, 0.25) is 5.78 Å². The Morgan fingerprint density at radius 3 is 2.87 bits per heavy atom. The topological polar surface area (TPSA) is 65.1 Å². The first kappa shape index (κ1) is 14.4. The molecule has 0 unspecified atom stereocenters. The van der Waals surface area contributed by atoms with Gasteiger partial charge in [-0.3, -0.25) is 13.8 Å². The lowest BCUT2D eigenvalue weighted by Crippen LogP contribution is -2.20. The molecule has 8 heteroatoms. The standard InChI is InChI=1S/C15H13N5OS2/c1-9-16-10(7-22-9)8-23-15-18-17-14-19(2)13(21)11-5-3-4-6-12(11)20(14)15/h3-7H,8H2,1-2H3.